The number of thiazole rings is 1. The summed E-state index contributed by atoms with van der Waals surface area (Å²) in [5.74, 6) is -1.08. The van der Waals surface area contributed by atoms with Crippen LogP contribution in [0.2, 0.25) is 0 Å². The number of fused-ring (bicyclic) bond motifs is 2. The highest BCUT2D eigenvalue weighted by atomic mass is 32.1. The van der Waals surface area contributed by atoms with Crippen molar-refractivity contribution in [3.8, 4) is 5.75 Å². The predicted octanol–water partition coefficient (Wildman–Crippen LogP) is 6.28. The van der Waals surface area contributed by atoms with Gasteiger partial charge in [0.1, 0.15) is 22.4 Å². The maximum atomic E-state index is 13.2. The highest BCUT2D eigenvalue weighted by molar-refractivity contribution is 7.18. The van der Waals surface area contributed by atoms with Gasteiger partial charge in [-0.05, 0) is 63.6 Å². The minimum Gasteiger partial charge on any atom is -0.464 e. The van der Waals surface area contributed by atoms with Crippen LogP contribution in [-0.2, 0) is 44.6 Å². The van der Waals surface area contributed by atoms with Crippen LogP contribution in [0.4, 0.5) is 18.0 Å². The fourth-order valence-electron chi connectivity index (χ4n) is 4.77. The fourth-order valence-corrected chi connectivity index (χ4v) is 6.54. The third kappa shape index (κ3) is 9.00. The average molecular weight is 717 g/mol. The smallest absolute Gasteiger partial charge is 0.416 e. The molecular weight excluding hydrogens is 686 g/mol. The van der Waals surface area contributed by atoms with E-state index in [1.165, 1.54) is 29.5 Å². The lowest BCUT2D eigenvalue weighted by Crippen LogP contribution is -2.45. The number of carbonyl (C=O) groups is 3. The average Bonchev–Trinajstić information content (AvgIpc) is 3.66. The van der Waals surface area contributed by atoms with Crippen molar-refractivity contribution in [3.63, 3.8) is 0 Å². The lowest BCUT2D eigenvalue weighted by atomic mass is 10.1. The molecule has 0 fully saturated rings. The molecule has 0 unspecified atom stereocenters. The summed E-state index contributed by atoms with van der Waals surface area (Å²) in [4.78, 5) is 55.3. The molecule has 11 nitrogen and oxygen atoms in total. The topological polar surface area (TPSA) is 139 Å². The van der Waals surface area contributed by atoms with Gasteiger partial charge in [0.25, 0.3) is 5.56 Å². The molecule has 1 N–H and O–H groups in total. The molecule has 1 amide bonds. The summed E-state index contributed by atoms with van der Waals surface area (Å²) < 4.78 is 57.1. The van der Waals surface area contributed by atoms with E-state index in [1.54, 1.807) is 50.6 Å². The number of thiophene rings is 1. The largest absolute Gasteiger partial charge is 0.464 e. The lowest BCUT2D eigenvalue weighted by molar-refractivity contribution is -0.145. The van der Waals surface area contributed by atoms with Crippen LogP contribution in [-0.4, -0.2) is 51.0 Å². The minimum atomic E-state index is -4.51. The molecule has 258 valence electrons. The van der Waals surface area contributed by atoms with E-state index in [0.29, 0.717) is 26.0 Å². The van der Waals surface area contributed by atoms with E-state index < -0.39 is 47.0 Å². The second-order valence-electron chi connectivity index (χ2n) is 11.8. The summed E-state index contributed by atoms with van der Waals surface area (Å²) in [6.07, 6.45) is -5.48. The molecule has 3 heterocycles. The van der Waals surface area contributed by atoms with Crippen LogP contribution in [0.25, 0.3) is 21.0 Å². The van der Waals surface area contributed by atoms with E-state index in [1.807, 2.05) is 0 Å². The number of esters is 2. The van der Waals surface area contributed by atoms with Gasteiger partial charge in [-0.2, -0.15) is 29.6 Å². The molecule has 3 aromatic heterocycles. The number of alkyl carbamates (subject to hydrolysis) is 1. The first-order chi connectivity index (χ1) is 23.1. The summed E-state index contributed by atoms with van der Waals surface area (Å²) in [5.41, 5.74) is -0.930. The maximum absolute atomic E-state index is 13.2. The Kier molecular flexibility index (Phi) is 10.4. The van der Waals surface area contributed by atoms with Crippen LogP contribution < -0.4 is 15.6 Å². The van der Waals surface area contributed by atoms with Crippen LogP contribution in [0, 0.1) is 0 Å². The molecule has 1 atom stereocenters. The van der Waals surface area contributed by atoms with Gasteiger partial charge in [-0.1, -0.05) is 12.1 Å². The second-order valence-corrected chi connectivity index (χ2v) is 13.7. The summed E-state index contributed by atoms with van der Waals surface area (Å²) in [6.45, 7) is 6.77. The standard InChI is InChI=1S/C33H31F3N4O7S2/c1-5-45-30(43)25(38-31(44)47-32(2,3)4)12-18-6-9-20(10-7-18)46-28(41)14-23-21-16-48-17-22(21)29(42)40(39-23)15-27-37-24-13-19(33(34,35)36)8-11-26(24)49-27/h6-11,13,16-17,25H,5,12,14-15H2,1-4H3,(H,38,44)/t25-/m0/s1. The molecule has 5 aromatic rings. The van der Waals surface area contributed by atoms with E-state index in [4.69, 9.17) is 14.2 Å². The SMILES string of the molecule is CCOC(=O)[C@H](Cc1ccc(OC(=O)Cc2nn(Cc3nc4cc(C(F)(F)F)ccc4s3)c(=O)c3cscc23)cc1)NC(=O)OC(C)(C)C. The molecule has 0 bridgehead atoms. The lowest BCUT2D eigenvalue weighted by Gasteiger charge is -2.23. The van der Waals surface area contributed by atoms with Crippen LogP contribution in [0.3, 0.4) is 0 Å². The van der Waals surface area contributed by atoms with Crippen molar-refractivity contribution < 1.29 is 41.8 Å². The molecule has 5 rings (SSSR count). The van der Waals surface area contributed by atoms with Crippen LogP contribution in [0.1, 0.15) is 49.5 Å². The quantitative estimate of drug-likeness (QED) is 0.131. The first-order valence-electron chi connectivity index (χ1n) is 15.0. The van der Waals surface area contributed by atoms with E-state index in [9.17, 15) is 32.3 Å². The van der Waals surface area contributed by atoms with Gasteiger partial charge < -0.3 is 19.5 Å². The fraction of sp³-hybridized carbons (Fsp3) is 0.333. The molecule has 0 saturated carbocycles. The molecule has 2 aromatic carbocycles. The number of ether oxygens (including phenoxy) is 3. The molecule has 0 aliphatic heterocycles. The number of rotatable bonds is 10. The molecule has 0 radical (unpaired) electrons. The Hall–Kier alpha value is -4.83. The molecular formula is C33H31F3N4O7S2. The number of benzene rings is 2. The second kappa shape index (κ2) is 14.3. The van der Waals surface area contributed by atoms with Crippen molar-refractivity contribution in [3.05, 3.63) is 85.4 Å². The van der Waals surface area contributed by atoms with Crippen LogP contribution >= 0.6 is 22.7 Å². The van der Waals surface area contributed by atoms with Gasteiger partial charge in [0.2, 0.25) is 0 Å². The van der Waals surface area contributed by atoms with Crippen molar-refractivity contribution >= 4 is 61.7 Å². The zero-order valence-corrected chi connectivity index (χ0v) is 28.4. The third-order valence-corrected chi connectivity index (χ3v) is 8.66. The van der Waals surface area contributed by atoms with Crippen molar-refractivity contribution in [1.29, 1.82) is 0 Å². The number of hydrogen-bond donors (Lipinski definition) is 1. The Labute approximate surface area is 285 Å². The van der Waals surface area contributed by atoms with Gasteiger partial charge in [-0.25, -0.2) is 19.3 Å². The predicted molar refractivity (Wildman–Crippen MR) is 177 cm³/mol. The van der Waals surface area contributed by atoms with Crippen LogP contribution in [0.5, 0.6) is 5.75 Å². The summed E-state index contributed by atoms with van der Waals surface area (Å²) in [7, 11) is 0. The van der Waals surface area contributed by atoms with E-state index in [2.05, 4.69) is 15.4 Å². The molecule has 0 aliphatic rings. The molecule has 16 heteroatoms. The van der Waals surface area contributed by atoms with Gasteiger partial charge in [0, 0.05) is 22.6 Å². The monoisotopic (exact) mass is 716 g/mol. The first kappa shape index (κ1) is 35.5. The van der Waals surface area contributed by atoms with E-state index in [0.717, 1.165) is 28.2 Å². The first-order valence-corrected chi connectivity index (χ1v) is 16.7. The summed E-state index contributed by atoms with van der Waals surface area (Å²) in [6, 6.07) is 8.61. The Bertz CT molecular complexity index is 2070. The number of nitrogens with one attached hydrogen (secondary N) is 1. The summed E-state index contributed by atoms with van der Waals surface area (Å²) in [5, 5.41) is 11.5. The number of carbonyl (C=O) groups excluding carboxylic acids is 3. The van der Waals surface area contributed by atoms with Gasteiger partial charge in [0.15, 0.2) is 0 Å². The highest BCUT2D eigenvalue weighted by Crippen LogP contribution is 2.33. The third-order valence-electron chi connectivity index (χ3n) is 6.89. The van der Waals surface area contributed by atoms with Crippen molar-refractivity contribution in [2.45, 2.75) is 64.9 Å². The maximum Gasteiger partial charge on any atom is 0.416 e. The van der Waals surface area contributed by atoms with E-state index in [-0.39, 0.29) is 43.0 Å². The van der Waals surface area contributed by atoms with Gasteiger partial charge in [0.05, 0.1) is 46.4 Å². The van der Waals surface area contributed by atoms with Gasteiger partial charge in [-0.3, -0.25) is 9.59 Å². The number of alkyl halides is 3. The Balaban J connectivity index is 1.28. The zero-order chi connectivity index (χ0) is 35.5. The number of nitrogens with zero attached hydrogens (tertiary/aromatic N) is 3. The Morgan fingerprint density at radius 1 is 1.02 bits per heavy atom. The minimum absolute atomic E-state index is 0.0893. The summed E-state index contributed by atoms with van der Waals surface area (Å²) >= 11 is 2.40. The Morgan fingerprint density at radius 2 is 1.73 bits per heavy atom. The molecule has 49 heavy (non-hydrogen) atoms. The number of halogens is 3. The van der Waals surface area contributed by atoms with Crippen LogP contribution in [0.15, 0.2) is 58.0 Å². The Morgan fingerprint density at radius 3 is 2.41 bits per heavy atom. The molecule has 0 spiro atoms. The van der Waals surface area contributed by atoms with E-state index >= 15 is 0 Å². The highest BCUT2D eigenvalue weighted by Gasteiger charge is 2.31. The molecule has 0 aliphatic carbocycles. The number of hydrogen-bond acceptors (Lipinski definition) is 11. The zero-order valence-electron chi connectivity index (χ0n) is 26.8. The normalized spacial score (nSPS) is 12.6. The van der Waals surface area contributed by atoms with Crippen molar-refractivity contribution in [1.82, 2.24) is 20.1 Å². The van der Waals surface area contributed by atoms with Gasteiger partial charge in [-0.15, -0.1) is 11.3 Å². The molecule has 0 saturated heterocycles. The van der Waals surface area contributed by atoms with Crippen molar-refractivity contribution in [2.75, 3.05) is 6.61 Å². The van der Waals surface area contributed by atoms with Crippen molar-refractivity contribution in [2.24, 2.45) is 0 Å². The van der Waals surface area contributed by atoms with Gasteiger partial charge >= 0.3 is 24.2 Å². The number of amides is 1. The number of aromatic nitrogens is 3.